The van der Waals surface area contributed by atoms with Crippen molar-refractivity contribution in [1.82, 2.24) is 14.7 Å². The van der Waals surface area contributed by atoms with Gasteiger partial charge in [0.25, 0.3) is 5.91 Å². The zero-order valence-corrected chi connectivity index (χ0v) is 16.8. The number of ether oxygens (including phenoxy) is 1. The van der Waals surface area contributed by atoms with E-state index in [1.165, 1.54) is 32.1 Å². The summed E-state index contributed by atoms with van der Waals surface area (Å²) < 4.78 is 7.87. The lowest BCUT2D eigenvalue weighted by Crippen LogP contribution is -2.51. The van der Waals surface area contributed by atoms with Crippen molar-refractivity contribution in [3.05, 3.63) is 29.7 Å². The van der Waals surface area contributed by atoms with Gasteiger partial charge >= 0.3 is 0 Å². The number of nitrogens with one attached hydrogen (secondary N) is 1. The zero-order chi connectivity index (χ0) is 19.6. The molecule has 2 N–H and O–H groups in total. The van der Waals surface area contributed by atoms with E-state index in [9.17, 15) is 9.90 Å². The van der Waals surface area contributed by atoms with Gasteiger partial charge in [-0.2, -0.15) is 0 Å². The van der Waals surface area contributed by atoms with E-state index in [1.807, 2.05) is 25.3 Å². The molecule has 0 aromatic carbocycles. The summed E-state index contributed by atoms with van der Waals surface area (Å²) >= 11 is 0. The summed E-state index contributed by atoms with van der Waals surface area (Å²) in [5, 5.41) is 12.8. The highest BCUT2D eigenvalue weighted by atomic mass is 16.5. The van der Waals surface area contributed by atoms with E-state index < -0.39 is 11.6 Å². The molecule has 0 bridgehead atoms. The van der Waals surface area contributed by atoms with E-state index in [0.717, 1.165) is 0 Å². The second-order valence-corrected chi connectivity index (χ2v) is 8.28. The van der Waals surface area contributed by atoms with Gasteiger partial charge in [-0.15, -0.1) is 0 Å². The number of aromatic nitrogens is 2. The summed E-state index contributed by atoms with van der Waals surface area (Å²) in [7, 11) is 0. The van der Waals surface area contributed by atoms with Crippen LogP contribution in [0.3, 0.4) is 0 Å². The Kier molecular flexibility index (Phi) is 5.75. The van der Waals surface area contributed by atoms with Gasteiger partial charge in [-0.1, -0.05) is 19.3 Å². The molecule has 0 saturated heterocycles. The largest absolute Gasteiger partial charge is 0.489 e. The topological polar surface area (TPSA) is 75.9 Å². The molecule has 1 aliphatic carbocycles. The molecule has 148 valence electrons. The smallest absolute Gasteiger partial charge is 0.270 e. The Morgan fingerprint density at radius 2 is 2.11 bits per heavy atom. The second kappa shape index (κ2) is 7.89. The first-order valence-electron chi connectivity index (χ1n) is 9.90. The SMILES string of the molecule is Cc1nc2c(OCC3CCCCC3)cccn2c1C(=O)NC(C)(C)C(C)O. The van der Waals surface area contributed by atoms with Crippen LogP contribution in [-0.4, -0.2) is 38.6 Å². The highest BCUT2D eigenvalue weighted by Crippen LogP contribution is 2.27. The molecule has 2 heterocycles. The van der Waals surface area contributed by atoms with Gasteiger partial charge in [0.1, 0.15) is 5.69 Å². The van der Waals surface area contributed by atoms with Crippen LogP contribution in [-0.2, 0) is 0 Å². The number of nitrogens with zero attached hydrogens (tertiary/aromatic N) is 2. The van der Waals surface area contributed by atoms with E-state index in [1.54, 1.807) is 25.2 Å². The van der Waals surface area contributed by atoms with E-state index in [2.05, 4.69) is 10.3 Å². The third kappa shape index (κ3) is 4.26. The predicted octanol–water partition coefficient (Wildman–Crippen LogP) is 3.49. The fourth-order valence-electron chi connectivity index (χ4n) is 3.56. The van der Waals surface area contributed by atoms with E-state index in [4.69, 9.17) is 4.74 Å². The number of rotatable bonds is 6. The van der Waals surface area contributed by atoms with Crippen LogP contribution < -0.4 is 10.1 Å². The lowest BCUT2D eigenvalue weighted by Gasteiger charge is -2.29. The third-order valence-corrected chi connectivity index (χ3v) is 5.68. The number of pyridine rings is 1. The maximum Gasteiger partial charge on any atom is 0.270 e. The highest BCUT2D eigenvalue weighted by molar-refractivity contribution is 5.95. The fraction of sp³-hybridized carbons (Fsp3) is 0.619. The Morgan fingerprint density at radius 3 is 2.78 bits per heavy atom. The molecule has 0 radical (unpaired) electrons. The average Bonchev–Trinajstić information content (AvgIpc) is 2.96. The third-order valence-electron chi connectivity index (χ3n) is 5.68. The second-order valence-electron chi connectivity index (χ2n) is 8.28. The molecule has 1 fully saturated rings. The number of hydrogen-bond donors (Lipinski definition) is 2. The van der Waals surface area contributed by atoms with Gasteiger partial charge in [0, 0.05) is 6.20 Å². The summed E-state index contributed by atoms with van der Waals surface area (Å²) in [6, 6.07) is 3.78. The normalized spacial score (nSPS) is 17.1. The van der Waals surface area contributed by atoms with Crippen LogP contribution >= 0.6 is 0 Å². The lowest BCUT2D eigenvalue weighted by atomic mass is 9.90. The molecular weight excluding hydrogens is 342 g/mol. The Balaban J connectivity index is 1.83. The van der Waals surface area contributed by atoms with Gasteiger partial charge < -0.3 is 15.2 Å². The minimum atomic E-state index is -0.733. The molecular formula is C21H31N3O3. The van der Waals surface area contributed by atoms with Crippen LogP contribution in [0.25, 0.3) is 5.65 Å². The highest BCUT2D eigenvalue weighted by Gasteiger charge is 2.29. The number of carbonyl (C=O) groups is 1. The first kappa shape index (κ1) is 19.7. The molecule has 3 rings (SSSR count). The van der Waals surface area contributed by atoms with Gasteiger partial charge in [-0.3, -0.25) is 9.20 Å². The minimum absolute atomic E-state index is 0.254. The number of hydrogen-bond acceptors (Lipinski definition) is 4. The van der Waals surface area contributed by atoms with E-state index in [-0.39, 0.29) is 5.91 Å². The molecule has 1 aliphatic rings. The molecule has 1 atom stereocenters. The first-order chi connectivity index (χ1) is 12.8. The summed E-state index contributed by atoms with van der Waals surface area (Å²) in [5.74, 6) is 1.06. The van der Waals surface area contributed by atoms with Crippen LogP contribution in [0.2, 0.25) is 0 Å². The Hall–Kier alpha value is -2.08. The average molecular weight is 373 g/mol. The predicted molar refractivity (Wildman–Crippen MR) is 105 cm³/mol. The van der Waals surface area contributed by atoms with Gasteiger partial charge in [-0.05, 0) is 58.6 Å². The van der Waals surface area contributed by atoms with Gasteiger partial charge in [-0.25, -0.2) is 4.98 Å². The summed E-state index contributed by atoms with van der Waals surface area (Å²) in [6.07, 6.45) is 7.49. The Labute approximate surface area is 160 Å². The van der Waals surface area contributed by atoms with Crippen molar-refractivity contribution in [2.24, 2.45) is 5.92 Å². The molecule has 1 amide bonds. The van der Waals surface area contributed by atoms with Crippen molar-refractivity contribution >= 4 is 11.6 Å². The first-order valence-corrected chi connectivity index (χ1v) is 9.90. The number of carbonyl (C=O) groups excluding carboxylic acids is 1. The minimum Gasteiger partial charge on any atom is -0.489 e. The maximum atomic E-state index is 12.9. The van der Waals surface area contributed by atoms with Crippen molar-refractivity contribution in [3.8, 4) is 5.75 Å². The number of fused-ring (bicyclic) bond motifs is 1. The number of aliphatic hydroxyl groups is 1. The molecule has 6 heteroatoms. The summed E-state index contributed by atoms with van der Waals surface area (Å²) in [4.78, 5) is 17.4. The number of aryl methyl sites for hydroxylation is 1. The molecule has 0 aliphatic heterocycles. The fourth-order valence-corrected chi connectivity index (χ4v) is 3.56. The summed E-state index contributed by atoms with van der Waals surface area (Å²) in [5.41, 5.74) is 1.04. The summed E-state index contributed by atoms with van der Waals surface area (Å²) in [6.45, 7) is 7.78. The van der Waals surface area contributed by atoms with Crippen LogP contribution in [0, 0.1) is 12.8 Å². The van der Waals surface area contributed by atoms with Crippen LogP contribution in [0.5, 0.6) is 5.75 Å². The molecule has 1 saturated carbocycles. The van der Waals surface area contributed by atoms with Crippen molar-refractivity contribution in [2.75, 3.05) is 6.61 Å². The van der Waals surface area contributed by atoms with E-state index in [0.29, 0.717) is 35.3 Å². The van der Waals surface area contributed by atoms with Gasteiger partial charge in [0.05, 0.1) is 23.9 Å². The Morgan fingerprint density at radius 1 is 1.41 bits per heavy atom. The maximum absolute atomic E-state index is 12.9. The zero-order valence-electron chi connectivity index (χ0n) is 16.8. The molecule has 0 spiro atoms. The molecule has 1 unspecified atom stereocenters. The van der Waals surface area contributed by atoms with Gasteiger partial charge in [0.15, 0.2) is 11.4 Å². The van der Waals surface area contributed by atoms with Crippen molar-refractivity contribution in [1.29, 1.82) is 0 Å². The standard InChI is InChI=1S/C21H31N3O3/c1-14-18(20(26)23-21(3,4)15(2)25)24-12-8-11-17(19(24)22-14)27-13-16-9-6-5-7-10-16/h8,11-12,15-16,25H,5-7,9-10,13H2,1-4H3,(H,23,26). The molecule has 2 aromatic rings. The lowest BCUT2D eigenvalue weighted by molar-refractivity contribution is 0.0704. The monoisotopic (exact) mass is 373 g/mol. The number of amides is 1. The molecule has 27 heavy (non-hydrogen) atoms. The van der Waals surface area contributed by atoms with Gasteiger partial charge in [0.2, 0.25) is 0 Å². The van der Waals surface area contributed by atoms with Crippen molar-refractivity contribution in [3.63, 3.8) is 0 Å². The number of aliphatic hydroxyl groups excluding tert-OH is 1. The van der Waals surface area contributed by atoms with E-state index >= 15 is 0 Å². The molecule has 6 nitrogen and oxygen atoms in total. The van der Waals surface area contributed by atoms with Crippen molar-refractivity contribution < 1.29 is 14.6 Å². The number of imidazole rings is 1. The van der Waals surface area contributed by atoms with Crippen LogP contribution in [0.15, 0.2) is 18.3 Å². The quantitative estimate of drug-likeness (QED) is 0.813. The Bertz CT molecular complexity index is 804. The molecule has 2 aromatic heterocycles. The van der Waals surface area contributed by atoms with Crippen LogP contribution in [0.4, 0.5) is 0 Å². The van der Waals surface area contributed by atoms with Crippen molar-refractivity contribution in [2.45, 2.75) is 71.4 Å². The van der Waals surface area contributed by atoms with Crippen LogP contribution in [0.1, 0.15) is 69.1 Å².